The molecule has 3 nitrogen and oxygen atoms in total. The number of furan rings is 1. The second-order valence-electron chi connectivity index (χ2n) is 15.3. The van der Waals surface area contributed by atoms with Crippen molar-refractivity contribution in [1.29, 1.82) is 0 Å². The largest absolute Gasteiger partial charge is 0.455 e. The lowest BCUT2D eigenvalue weighted by atomic mass is 9.82. The maximum absolute atomic E-state index is 6.68. The molecule has 0 atom stereocenters. The summed E-state index contributed by atoms with van der Waals surface area (Å²) in [6.07, 6.45) is 0. The summed E-state index contributed by atoms with van der Waals surface area (Å²) >= 11 is 0. The fourth-order valence-corrected chi connectivity index (χ4v) is 9.66. The van der Waals surface area contributed by atoms with Crippen LogP contribution in [0.3, 0.4) is 0 Å². The third kappa shape index (κ3) is 3.85. The molecule has 11 aromatic rings. The van der Waals surface area contributed by atoms with Crippen molar-refractivity contribution in [2.45, 2.75) is 19.3 Å². The van der Waals surface area contributed by atoms with E-state index in [4.69, 9.17) is 4.42 Å². The molecular weight excluding hydrogens is 657 g/mol. The summed E-state index contributed by atoms with van der Waals surface area (Å²) in [6, 6.07) is 62.0. The first kappa shape index (κ1) is 29.7. The number of aromatic nitrogens is 2. The number of fused-ring (bicyclic) bond motifs is 14. The number of hydrogen-bond acceptors (Lipinski definition) is 1. The smallest absolute Gasteiger partial charge is 0.145 e. The fourth-order valence-electron chi connectivity index (χ4n) is 9.66. The van der Waals surface area contributed by atoms with Gasteiger partial charge in [-0.15, -0.1) is 0 Å². The van der Waals surface area contributed by atoms with E-state index in [2.05, 4.69) is 187 Å². The van der Waals surface area contributed by atoms with Crippen LogP contribution in [-0.2, 0) is 5.41 Å². The van der Waals surface area contributed by atoms with Crippen LogP contribution in [0.4, 0.5) is 0 Å². The summed E-state index contributed by atoms with van der Waals surface area (Å²) in [5.41, 5.74) is 16.6. The van der Waals surface area contributed by atoms with E-state index in [1.165, 1.54) is 60.6 Å². The molecule has 3 heteroatoms. The predicted molar refractivity (Wildman–Crippen MR) is 225 cm³/mol. The average molecular weight is 691 g/mol. The van der Waals surface area contributed by atoms with E-state index in [1.807, 2.05) is 6.07 Å². The van der Waals surface area contributed by atoms with Crippen molar-refractivity contribution < 1.29 is 4.42 Å². The Hall–Kier alpha value is -6.84. The zero-order chi connectivity index (χ0) is 35.7. The minimum Gasteiger partial charge on any atom is -0.455 e. The molecule has 0 spiro atoms. The second kappa shape index (κ2) is 10.6. The van der Waals surface area contributed by atoms with Crippen molar-refractivity contribution in [2.75, 3.05) is 0 Å². The Morgan fingerprint density at radius 2 is 1.04 bits per heavy atom. The lowest BCUT2D eigenvalue weighted by Crippen LogP contribution is -2.14. The maximum atomic E-state index is 6.68. The highest BCUT2D eigenvalue weighted by atomic mass is 16.3. The molecule has 0 radical (unpaired) electrons. The minimum atomic E-state index is -0.0686. The van der Waals surface area contributed by atoms with Gasteiger partial charge in [0.05, 0.1) is 27.5 Å². The molecule has 54 heavy (non-hydrogen) atoms. The molecule has 254 valence electrons. The first-order valence-corrected chi connectivity index (χ1v) is 18.8. The summed E-state index contributed by atoms with van der Waals surface area (Å²) in [5.74, 6) is 0. The summed E-state index contributed by atoms with van der Waals surface area (Å²) < 4.78 is 11.5. The quantitative estimate of drug-likeness (QED) is 0.181. The third-order valence-corrected chi connectivity index (χ3v) is 12.1. The van der Waals surface area contributed by atoms with Gasteiger partial charge >= 0.3 is 0 Å². The van der Waals surface area contributed by atoms with Gasteiger partial charge in [0.2, 0.25) is 0 Å². The van der Waals surface area contributed by atoms with Crippen molar-refractivity contribution in [1.82, 2.24) is 9.13 Å². The van der Waals surface area contributed by atoms with Crippen LogP contribution in [-0.4, -0.2) is 9.13 Å². The lowest BCUT2D eigenvalue weighted by molar-refractivity contribution is 0.661. The zero-order valence-electron chi connectivity index (χ0n) is 30.0. The molecule has 0 aliphatic heterocycles. The van der Waals surface area contributed by atoms with Gasteiger partial charge in [0.1, 0.15) is 11.2 Å². The molecule has 12 rings (SSSR count). The first-order chi connectivity index (χ1) is 26.6. The van der Waals surface area contributed by atoms with Gasteiger partial charge in [-0.2, -0.15) is 0 Å². The number of rotatable bonds is 3. The van der Waals surface area contributed by atoms with Crippen LogP contribution in [0.1, 0.15) is 25.0 Å². The fraction of sp³-hybridized carbons (Fsp3) is 0.0588. The predicted octanol–water partition coefficient (Wildman–Crippen LogP) is 13.8. The van der Waals surface area contributed by atoms with Gasteiger partial charge in [-0.3, -0.25) is 0 Å². The first-order valence-electron chi connectivity index (χ1n) is 18.8. The van der Waals surface area contributed by atoms with Crippen LogP contribution in [0.25, 0.3) is 99.2 Å². The molecule has 1 aliphatic rings. The van der Waals surface area contributed by atoms with Crippen molar-refractivity contribution in [2.24, 2.45) is 0 Å². The highest BCUT2D eigenvalue weighted by Gasteiger charge is 2.37. The summed E-state index contributed by atoms with van der Waals surface area (Å²) in [5, 5.41) is 7.19. The van der Waals surface area contributed by atoms with Crippen LogP contribution in [0, 0.1) is 0 Å². The van der Waals surface area contributed by atoms with Crippen LogP contribution in [0.5, 0.6) is 0 Å². The van der Waals surface area contributed by atoms with Crippen molar-refractivity contribution >= 4 is 65.6 Å². The Kier molecular flexibility index (Phi) is 5.84. The van der Waals surface area contributed by atoms with Gasteiger partial charge in [-0.1, -0.05) is 117 Å². The Balaban J connectivity index is 1.15. The summed E-state index contributed by atoms with van der Waals surface area (Å²) in [6.45, 7) is 4.73. The Morgan fingerprint density at radius 1 is 0.426 bits per heavy atom. The molecule has 0 fully saturated rings. The highest BCUT2D eigenvalue weighted by Crippen LogP contribution is 2.53. The molecule has 0 saturated heterocycles. The highest BCUT2D eigenvalue weighted by molar-refractivity contribution is 6.24. The van der Waals surface area contributed by atoms with Gasteiger partial charge < -0.3 is 13.6 Å². The zero-order valence-corrected chi connectivity index (χ0v) is 30.0. The van der Waals surface area contributed by atoms with Crippen LogP contribution < -0.4 is 0 Å². The molecule has 1 aliphatic carbocycles. The topological polar surface area (TPSA) is 23.0 Å². The standard InChI is InChI=1S/C51H34N2O/c1-51(2)40-19-11-9-18-37(40)47-41(51)25-28-43-48(47)38-23-21-32(30-45(38)53(43)34-15-7-4-8-16-34)31-22-26-42-39(29-31)49-44(52(42)33-13-5-3-6-14-33)27-24-36-35-17-10-12-20-46(35)54-50(36)49/h3-30H,1-2H3. The summed E-state index contributed by atoms with van der Waals surface area (Å²) in [4.78, 5) is 0. The van der Waals surface area contributed by atoms with E-state index in [-0.39, 0.29) is 5.41 Å². The molecule has 0 unspecified atom stereocenters. The van der Waals surface area contributed by atoms with Gasteiger partial charge in [-0.05, 0) is 100 Å². The number of nitrogens with zero attached hydrogens (tertiary/aromatic N) is 2. The number of benzene rings is 8. The van der Waals surface area contributed by atoms with Crippen molar-refractivity contribution in [3.8, 4) is 33.6 Å². The SMILES string of the molecule is CC1(C)c2ccccc2-c2c1ccc1c2c2ccc(-c3ccc4c(c3)c3c5oc6ccccc6c5ccc3n4-c3ccccc3)cc2n1-c1ccccc1. The van der Waals surface area contributed by atoms with E-state index < -0.39 is 0 Å². The average Bonchev–Trinajstić information content (AvgIpc) is 3.93. The van der Waals surface area contributed by atoms with Gasteiger partial charge in [-0.25, -0.2) is 0 Å². The van der Waals surface area contributed by atoms with E-state index in [9.17, 15) is 0 Å². The Labute approximate surface area is 311 Å². The molecule has 3 heterocycles. The minimum absolute atomic E-state index is 0.0686. The van der Waals surface area contributed by atoms with Crippen LogP contribution >= 0.6 is 0 Å². The molecule has 0 amide bonds. The van der Waals surface area contributed by atoms with E-state index in [0.717, 1.165) is 49.7 Å². The normalized spacial score (nSPS) is 13.5. The molecule has 0 N–H and O–H groups in total. The number of para-hydroxylation sites is 3. The lowest BCUT2D eigenvalue weighted by Gasteiger charge is -2.21. The van der Waals surface area contributed by atoms with Gasteiger partial charge in [0.15, 0.2) is 0 Å². The Bertz CT molecular complexity index is 3340. The van der Waals surface area contributed by atoms with Crippen LogP contribution in [0.2, 0.25) is 0 Å². The van der Waals surface area contributed by atoms with Crippen molar-refractivity contribution in [3.63, 3.8) is 0 Å². The molecular formula is C51H34N2O. The van der Waals surface area contributed by atoms with Gasteiger partial charge in [0, 0.05) is 43.7 Å². The van der Waals surface area contributed by atoms with Gasteiger partial charge in [0.25, 0.3) is 0 Å². The molecule has 0 bridgehead atoms. The van der Waals surface area contributed by atoms with E-state index in [0.29, 0.717) is 0 Å². The Morgan fingerprint density at radius 3 is 1.85 bits per heavy atom. The van der Waals surface area contributed by atoms with E-state index >= 15 is 0 Å². The van der Waals surface area contributed by atoms with E-state index in [1.54, 1.807) is 0 Å². The maximum Gasteiger partial charge on any atom is 0.145 e. The van der Waals surface area contributed by atoms with Crippen LogP contribution in [0.15, 0.2) is 174 Å². The summed E-state index contributed by atoms with van der Waals surface area (Å²) in [7, 11) is 0. The molecule has 3 aromatic heterocycles. The third-order valence-electron chi connectivity index (χ3n) is 12.1. The second-order valence-corrected chi connectivity index (χ2v) is 15.3. The monoisotopic (exact) mass is 690 g/mol. The van der Waals surface area contributed by atoms with Crippen molar-refractivity contribution in [3.05, 3.63) is 181 Å². The molecule has 0 saturated carbocycles. The molecule has 8 aromatic carbocycles. The number of hydrogen-bond donors (Lipinski definition) is 0.